The van der Waals surface area contributed by atoms with Crippen LogP contribution in [0.4, 0.5) is 5.69 Å². The predicted octanol–water partition coefficient (Wildman–Crippen LogP) is 5.98. The Labute approximate surface area is 240 Å². The molecule has 38 heavy (non-hydrogen) atoms. The first-order valence-electron chi connectivity index (χ1n) is 12.7. The Bertz CT molecular complexity index is 1270. The van der Waals surface area contributed by atoms with Crippen LogP contribution in [-0.2, 0) is 26.2 Å². The minimum atomic E-state index is -3.95. The summed E-state index contributed by atoms with van der Waals surface area (Å²) in [6, 6.07) is 9.59. The van der Waals surface area contributed by atoms with E-state index in [1.54, 1.807) is 0 Å². The highest BCUT2D eigenvalue weighted by molar-refractivity contribution is 7.92. The number of rotatable bonds is 10. The number of hydrogen-bond acceptors (Lipinski definition) is 4. The van der Waals surface area contributed by atoms with Gasteiger partial charge in [0.2, 0.25) is 21.8 Å². The van der Waals surface area contributed by atoms with E-state index in [0.717, 1.165) is 53.8 Å². The monoisotopic (exact) mass is 601 g/mol. The smallest absolute Gasteiger partial charge is 0.244 e. The van der Waals surface area contributed by atoms with E-state index >= 15 is 0 Å². The molecule has 0 heterocycles. The molecular weight excluding hydrogens is 569 g/mol. The lowest BCUT2D eigenvalue weighted by Crippen LogP contribution is -2.54. The Morgan fingerprint density at radius 1 is 1.03 bits per heavy atom. The summed E-state index contributed by atoms with van der Waals surface area (Å²) in [6.07, 6.45) is 6.43. The second-order valence-corrected chi connectivity index (χ2v) is 12.9. The number of anilines is 1. The summed E-state index contributed by atoms with van der Waals surface area (Å²) in [4.78, 5) is 28.8. The molecule has 0 aliphatic heterocycles. The highest BCUT2D eigenvalue weighted by Gasteiger charge is 2.33. The van der Waals surface area contributed by atoms with Crippen molar-refractivity contribution in [2.45, 2.75) is 71.0 Å². The zero-order valence-corrected chi connectivity index (χ0v) is 24.9. The van der Waals surface area contributed by atoms with Crippen molar-refractivity contribution < 1.29 is 18.0 Å². The summed E-state index contributed by atoms with van der Waals surface area (Å²) in [7, 11) is -3.95. The van der Waals surface area contributed by atoms with Crippen LogP contribution in [0.5, 0.6) is 0 Å². The zero-order valence-electron chi connectivity index (χ0n) is 21.8. The van der Waals surface area contributed by atoms with Crippen LogP contribution in [0.2, 0.25) is 15.1 Å². The number of sulfonamides is 1. The molecule has 3 rings (SSSR count). The fourth-order valence-corrected chi connectivity index (χ4v) is 6.32. The molecule has 0 radical (unpaired) electrons. The van der Waals surface area contributed by atoms with Crippen LogP contribution in [0.15, 0.2) is 36.4 Å². The van der Waals surface area contributed by atoms with Crippen molar-refractivity contribution in [2.75, 3.05) is 17.1 Å². The van der Waals surface area contributed by atoms with Crippen LogP contribution in [0, 0.1) is 6.92 Å². The van der Waals surface area contributed by atoms with Crippen molar-refractivity contribution in [1.82, 2.24) is 10.2 Å². The van der Waals surface area contributed by atoms with Crippen LogP contribution < -0.4 is 9.62 Å². The molecule has 11 heteroatoms. The molecule has 0 saturated heterocycles. The van der Waals surface area contributed by atoms with E-state index in [9.17, 15) is 18.0 Å². The number of halogens is 3. The molecule has 1 fully saturated rings. The molecule has 1 saturated carbocycles. The third kappa shape index (κ3) is 8.01. The van der Waals surface area contributed by atoms with Gasteiger partial charge in [0.05, 0.1) is 27.0 Å². The number of carbonyl (C=O) groups excluding carboxylic acids is 2. The second-order valence-electron chi connectivity index (χ2n) is 9.77. The maximum atomic E-state index is 13.9. The summed E-state index contributed by atoms with van der Waals surface area (Å²) in [5.41, 5.74) is 1.88. The standard InChI is InChI=1S/C27H34Cl3N3O4S/c1-4-24(27(35)31-20-11-6-5-7-12-20)32(16-19-10-8-9-18(2)13-19)26(34)17-33(38(3,36)37)25-15-22(29)21(28)14-23(25)30/h8-10,13-15,20,24H,4-7,11-12,16-17H2,1-3H3,(H,31,35)/t24-/m1/s1. The normalized spacial score (nSPS) is 15.1. The first-order valence-corrected chi connectivity index (χ1v) is 15.7. The van der Waals surface area contributed by atoms with Gasteiger partial charge in [-0.05, 0) is 43.9 Å². The van der Waals surface area contributed by atoms with E-state index in [1.165, 1.54) is 17.0 Å². The van der Waals surface area contributed by atoms with E-state index in [-0.39, 0.29) is 39.2 Å². The lowest BCUT2D eigenvalue weighted by atomic mass is 9.95. The quantitative estimate of drug-likeness (QED) is 0.339. The van der Waals surface area contributed by atoms with Gasteiger partial charge in [0, 0.05) is 12.6 Å². The molecule has 2 aromatic carbocycles. The Balaban J connectivity index is 1.96. The molecule has 0 spiro atoms. The van der Waals surface area contributed by atoms with Crippen molar-refractivity contribution >= 4 is 62.3 Å². The SMILES string of the molecule is CC[C@H](C(=O)NC1CCCCC1)N(Cc1cccc(C)c1)C(=O)CN(c1cc(Cl)c(Cl)cc1Cl)S(C)(=O)=O. The highest BCUT2D eigenvalue weighted by atomic mass is 35.5. The molecule has 7 nitrogen and oxygen atoms in total. The summed E-state index contributed by atoms with van der Waals surface area (Å²) in [5.74, 6) is -0.774. The van der Waals surface area contributed by atoms with Gasteiger partial charge < -0.3 is 10.2 Å². The van der Waals surface area contributed by atoms with Crippen molar-refractivity contribution in [1.29, 1.82) is 0 Å². The van der Waals surface area contributed by atoms with Crippen molar-refractivity contribution in [2.24, 2.45) is 0 Å². The zero-order chi connectivity index (χ0) is 28.0. The largest absolute Gasteiger partial charge is 0.352 e. The van der Waals surface area contributed by atoms with Crippen molar-refractivity contribution in [3.8, 4) is 0 Å². The van der Waals surface area contributed by atoms with Gasteiger partial charge in [-0.2, -0.15) is 0 Å². The molecule has 1 N–H and O–H groups in total. The Morgan fingerprint density at radius 3 is 2.29 bits per heavy atom. The average molecular weight is 603 g/mol. The number of amides is 2. The molecule has 0 aromatic heterocycles. The number of aryl methyl sites for hydroxylation is 1. The molecule has 0 bridgehead atoms. The van der Waals surface area contributed by atoms with Gasteiger partial charge in [0.15, 0.2) is 0 Å². The Kier molecular flexibility index (Phi) is 10.7. The first-order chi connectivity index (χ1) is 17.9. The molecule has 1 aliphatic carbocycles. The lowest BCUT2D eigenvalue weighted by molar-refractivity contribution is -0.140. The predicted molar refractivity (Wildman–Crippen MR) is 154 cm³/mol. The van der Waals surface area contributed by atoms with Gasteiger partial charge in [-0.1, -0.05) is 90.8 Å². The van der Waals surface area contributed by atoms with E-state index in [0.29, 0.717) is 6.42 Å². The number of carbonyl (C=O) groups is 2. The average Bonchev–Trinajstić information content (AvgIpc) is 2.84. The fourth-order valence-electron chi connectivity index (χ4n) is 4.77. The van der Waals surface area contributed by atoms with Gasteiger partial charge in [-0.3, -0.25) is 13.9 Å². The molecule has 2 aromatic rings. The number of benzene rings is 2. The minimum Gasteiger partial charge on any atom is -0.352 e. The maximum absolute atomic E-state index is 13.9. The van der Waals surface area contributed by atoms with E-state index in [2.05, 4.69) is 5.32 Å². The number of nitrogens with one attached hydrogen (secondary N) is 1. The minimum absolute atomic E-state index is 0.0324. The lowest BCUT2D eigenvalue weighted by Gasteiger charge is -2.34. The van der Waals surface area contributed by atoms with E-state index < -0.39 is 28.5 Å². The summed E-state index contributed by atoms with van der Waals surface area (Å²) in [6.45, 7) is 3.37. The van der Waals surface area contributed by atoms with E-state index in [4.69, 9.17) is 34.8 Å². The number of hydrogen-bond donors (Lipinski definition) is 1. The Hall–Kier alpha value is -2.00. The topological polar surface area (TPSA) is 86.8 Å². The molecule has 2 amide bonds. The van der Waals surface area contributed by atoms with E-state index in [1.807, 2.05) is 38.1 Å². The summed E-state index contributed by atoms with van der Waals surface area (Å²) in [5, 5.41) is 3.41. The van der Waals surface area contributed by atoms with Crippen LogP contribution in [-0.4, -0.2) is 50.0 Å². The van der Waals surface area contributed by atoms with Crippen LogP contribution >= 0.6 is 34.8 Å². The van der Waals surface area contributed by atoms with Crippen molar-refractivity contribution in [3.05, 3.63) is 62.6 Å². The molecular formula is C27H34Cl3N3O4S. The van der Waals surface area contributed by atoms with Crippen LogP contribution in [0.1, 0.15) is 56.6 Å². The first kappa shape index (κ1) is 30.5. The summed E-state index contributed by atoms with van der Waals surface area (Å²) >= 11 is 18.5. The summed E-state index contributed by atoms with van der Waals surface area (Å²) < 4.78 is 26.5. The highest BCUT2D eigenvalue weighted by Crippen LogP contribution is 2.35. The molecule has 0 unspecified atom stereocenters. The fraction of sp³-hybridized carbons (Fsp3) is 0.481. The molecule has 208 valence electrons. The third-order valence-electron chi connectivity index (χ3n) is 6.71. The second kappa shape index (κ2) is 13.4. The van der Waals surface area contributed by atoms with Gasteiger partial charge in [0.25, 0.3) is 0 Å². The van der Waals surface area contributed by atoms with Crippen LogP contribution in [0.3, 0.4) is 0 Å². The third-order valence-corrected chi connectivity index (χ3v) is 8.86. The Morgan fingerprint density at radius 2 is 1.68 bits per heavy atom. The van der Waals surface area contributed by atoms with Gasteiger partial charge in [-0.25, -0.2) is 8.42 Å². The van der Waals surface area contributed by atoms with Gasteiger partial charge >= 0.3 is 0 Å². The maximum Gasteiger partial charge on any atom is 0.244 e. The van der Waals surface area contributed by atoms with Gasteiger partial charge in [0.1, 0.15) is 12.6 Å². The molecule has 1 atom stereocenters. The van der Waals surface area contributed by atoms with Gasteiger partial charge in [-0.15, -0.1) is 0 Å². The van der Waals surface area contributed by atoms with Crippen LogP contribution in [0.25, 0.3) is 0 Å². The number of nitrogens with zero attached hydrogens (tertiary/aromatic N) is 2. The van der Waals surface area contributed by atoms with Crippen molar-refractivity contribution in [3.63, 3.8) is 0 Å². The molecule has 1 aliphatic rings.